The van der Waals surface area contributed by atoms with Gasteiger partial charge in [-0.15, -0.1) is 0 Å². The molecule has 1 saturated carbocycles. The molecule has 5 heteroatoms. The molecule has 0 radical (unpaired) electrons. The molecule has 0 amide bonds. The molecule has 0 aromatic carbocycles. The van der Waals surface area contributed by atoms with Crippen LogP contribution in [0.2, 0.25) is 0 Å². The van der Waals surface area contributed by atoms with E-state index in [0.717, 1.165) is 30.5 Å². The Labute approximate surface area is 102 Å². The van der Waals surface area contributed by atoms with Gasteiger partial charge in [0.05, 0.1) is 7.11 Å². The SMILES string of the molecule is CCCNc1ncnc(NC2CC2C)c1OC. The summed E-state index contributed by atoms with van der Waals surface area (Å²) >= 11 is 0. The predicted molar refractivity (Wildman–Crippen MR) is 68.6 cm³/mol. The lowest BCUT2D eigenvalue weighted by molar-refractivity contribution is 0.414. The Hall–Kier alpha value is -1.52. The summed E-state index contributed by atoms with van der Waals surface area (Å²) in [5.41, 5.74) is 0. The second-order valence-electron chi connectivity index (χ2n) is 4.49. The summed E-state index contributed by atoms with van der Waals surface area (Å²) in [5.74, 6) is 2.98. The highest BCUT2D eigenvalue weighted by molar-refractivity contribution is 5.64. The number of ether oxygens (including phenoxy) is 1. The predicted octanol–water partition coefficient (Wildman–Crippen LogP) is 2.13. The van der Waals surface area contributed by atoms with Crippen molar-refractivity contribution < 1.29 is 4.74 Å². The number of anilines is 2. The van der Waals surface area contributed by atoms with E-state index in [2.05, 4.69) is 34.4 Å². The van der Waals surface area contributed by atoms with E-state index in [-0.39, 0.29) is 0 Å². The number of nitrogens with zero attached hydrogens (tertiary/aromatic N) is 2. The molecule has 2 atom stereocenters. The Morgan fingerprint density at radius 1 is 1.41 bits per heavy atom. The summed E-state index contributed by atoms with van der Waals surface area (Å²) in [5, 5.41) is 6.63. The molecule has 1 aliphatic rings. The van der Waals surface area contributed by atoms with Crippen molar-refractivity contribution in [1.82, 2.24) is 9.97 Å². The van der Waals surface area contributed by atoms with Crippen molar-refractivity contribution in [2.24, 2.45) is 5.92 Å². The number of nitrogens with one attached hydrogen (secondary N) is 2. The third-order valence-electron chi connectivity index (χ3n) is 2.98. The van der Waals surface area contributed by atoms with Crippen molar-refractivity contribution in [3.63, 3.8) is 0 Å². The quantitative estimate of drug-likeness (QED) is 0.792. The van der Waals surface area contributed by atoms with Crippen molar-refractivity contribution in [2.45, 2.75) is 32.7 Å². The lowest BCUT2D eigenvalue weighted by Gasteiger charge is -2.13. The second-order valence-corrected chi connectivity index (χ2v) is 4.49. The van der Waals surface area contributed by atoms with E-state index < -0.39 is 0 Å². The molecular formula is C12H20N4O. The molecule has 1 aliphatic carbocycles. The summed E-state index contributed by atoms with van der Waals surface area (Å²) in [6.45, 7) is 5.22. The van der Waals surface area contributed by atoms with Gasteiger partial charge in [0.1, 0.15) is 6.33 Å². The van der Waals surface area contributed by atoms with Gasteiger partial charge in [-0.2, -0.15) is 0 Å². The minimum absolute atomic E-state index is 0.526. The maximum atomic E-state index is 5.39. The minimum Gasteiger partial charge on any atom is -0.490 e. The highest BCUT2D eigenvalue weighted by atomic mass is 16.5. The van der Waals surface area contributed by atoms with E-state index in [1.807, 2.05) is 0 Å². The van der Waals surface area contributed by atoms with Gasteiger partial charge in [0.25, 0.3) is 0 Å². The molecule has 0 spiro atoms. The zero-order chi connectivity index (χ0) is 12.3. The van der Waals surface area contributed by atoms with Crippen LogP contribution in [0.15, 0.2) is 6.33 Å². The maximum Gasteiger partial charge on any atom is 0.204 e. The monoisotopic (exact) mass is 236 g/mol. The van der Waals surface area contributed by atoms with Gasteiger partial charge in [-0.05, 0) is 18.8 Å². The summed E-state index contributed by atoms with van der Waals surface area (Å²) < 4.78 is 5.39. The van der Waals surface area contributed by atoms with Crippen molar-refractivity contribution in [2.75, 3.05) is 24.3 Å². The zero-order valence-corrected chi connectivity index (χ0v) is 10.7. The molecule has 0 aliphatic heterocycles. The lowest BCUT2D eigenvalue weighted by atomic mass is 10.4. The van der Waals surface area contributed by atoms with Crippen LogP contribution >= 0.6 is 0 Å². The number of hydrogen-bond acceptors (Lipinski definition) is 5. The molecule has 1 heterocycles. The van der Waals surface area contributed by atoms with Gasteiger partial charge in [0.15, 0.2) is 11.6 Å². The minimum atomic E-state index is 0.526. The Morgan fingerprint density at radius 2 is 2.12 bits per heavy atom. The van der Waals surface area contributed by atoms with Gasteiger partial charge in [-0.25, -0.2) is 9.97 Å². The standard InChI is InChI=1S/C12H20N4O/c1-4-5-13-11-10(17-3)12(15-7-14-11)16-9-6-8(9)2/h7-9H,4-6H2,1-3H3,(H2,13,14,15,16). The van der Waals surface area contributed by atoms with Crippen LogP contribution in [0.3, 0.4) is 0 Å². The fraction of sp³-hybridized carbons (Fsp3) is 0.667. The average Bonchev–Trinajstić information content (AvgIpc) is 3.02. The fourth-order valence-electron chi connectivity index (χ4n) is 1.74. The summed E-state index contributed by atoms with van der Waals surface area (Å²) in [7, 11) is 1.65. The molecule has 0 bridgehead atoms. The molecule has 0 saturated heterocycles. The van der Waals surface area contributed by atoms with E-state index in [9.17, 15) is 0 Å². The van der Waals surface area contributed by atoms with Crippen LogP contribution in [0.25, 0.3) is 0 Å². The first kappa shape index (κ1) is 12.0. The molecule has 1 fully saturated rings. The van der Waals surface area contributed by atoms with Crippen LogP contribution < -0.4 is 15.4 Å². The van der Waals surface area contributed by atoms with Crippen LogP contribution in [-0.2, 0) is 0 Å². The molecule has 1 aromatic heterocycles. The first-order valence-corrected chi connectivity index (χ1v) is 6.15. The molecule has 2 unspecified atom stereocenters. The third kappa shape index (κ3) is 2.78. The highest BCUT2D eigenvalue weighted by Crippen LogP contribution is 2.36. The molecule has 2 N–H and O–H groups in total. The van der Waals surface area contributed by atoms with Crippen molar-refractivity contribution in [1.29, 1.82) is 0 Å². The average molecular weight is 236 g/mol. The second kappa shape index (κ2) is 5.21. The number of rotatable bonds is 6. The third-order valence-corrected chi connectivity index (χ3v) is 2.98. The van der Waals surface area contributed by atoms with E-state index in [4.69, 9.17) is 4.74 Å². The Balaban J connectivity index is 2.13. The molecule has 2 rings (SSSR count). The summed E-state index contributed by atoms with van der Waals surface area (Å²) in [4.78, 5) is 8.45. The maximum absolute atomic E-state index is 5.39. The fourth-order valence-corrected chi connectivity index (χ4v) is 1.74. The first-order valence-electron chi connectivity index (χ1n) is 6.15. The lowest BCUT2D eigenvalue weighted by Crippen LogP contribution is -2.10. The molecular weight excluding hydrogens is 216 g/mol. The van der Waals surface area contributed by atoms with E-state index >= 15 is 0 Å². The number of aromatic nitrogens is 2. The van der Waals surface area contributed by atoms with Crippen LogP contribution in [0.1, 0.15) is 26.7 Å². The first-order chi connectivity index (χ1) is 8.26. The topological polar surface area (TPSA) is 59.1 Å². The molecule has 17 heavy (non-hydrogen) atoms. The zero-order valence-electron chi connectivity index (χ0n) is 10.7. The highest BCUT2D eigenvalue weighted by Gasteiger charge is 2.33. The molecule has 1 aromatic rings. The van der Waals surface area contributed by atoms with Gasteiger partial charge in [-0.3, -0.25) is 0 Å². The van der Waals surface area contributed by atoms with Crippen LogP contribution in [0.5, 0.6) is 5.75 Å². The van der Waals surface area contributed by atoms with Gasteiger partial charge in [0, 0.05) is 12.6 Å². The summed E-state index contributed by atoms with van der Waals surface area (Å²) in [6, 6.07) is 0.526. The van der Waals surface area contributed by atoms with Gasteiger partial charge in [-0.1, -0.05) is 13.8 Å². The molecule has 94 valence electrons. The van der Waals surface area contributed by atoms with Crippen LogP contribution in [-0.4, -0.2) is 29.7 Å². The van der Waals surface area contributed by atoms with E-state index in [0.29, 0.717) is 11.8 Å². The number of methoxy groups -OCH3 is 1. The van der Waals surface area contributed by atoms with Crippen LogP contribution in [0, 0.1) is 5.92 Å². The Bertz CT molecular complexity index is 383. The Morgan fingerprint density at radius 3 is 2.71 bits per heavy atom. The smallest absolute Gasteiger partial charge is 0.204 e. The normalized spacial score (nSPS) is 22.1. The van der Waals surface area contributed by atoms with Gasteiger partial charge >= 0.3 is 0 Å². The van der Waals surface area contributed by atoms with Gasteiger partial charge in [0.2, 0.25) is 5.75 Å². The van der Waals surface area contributed by atoms with E-state index in [1.54, 1.807) is 13.4 Å². The van der Waals surface area contributed by atoms with Gasteiger partial charge < -0.3 is 15.4 Å². The Kier molecular flexibility index (Phi) is 3.66. The summed E-state index contributed by atoms with van der Waals surface area (Å²) in [6.07, 6.45) is 3.82. The molecule has 5 nitrogen and oxygen atoms in total. The largest absolute Gasteiger partial charge is 0.490 e. The number of hydrogen-bond donors (Lipinski definition) is 2. The van der Waals surface area contributed by atoms with Crippen molar-refractivity contribution in [3.8, 4) is 5.75 Å². The van der Waals surface area contributed by atoms with E-state index in [1.165, 1.54) is 6.42 Å². The van der Waals surface area contributed by atoms with Crippen molar-refractivity contribution >= 4 is 11.6 Å². The van der Waals surface area contributed by atoms with Crippen molar-refractivity contribution in [3.05, 3.63) is 6.33 Å². The van der Waals surface area contributed by atoms with Crippen LogP contribution in [0.4, 0.5) is 11.6 Å².